The lowest BCUT2D eigenvalue weighted by atomic mass is 10.3. The molecule has 0 aromatic heterocycles. The van der Waals surface area contributed by atoms with Crippen LogP contribution in [0.25, 0.3) is 0 Å². The van der Waals surface area contributed by atoms with Crippen LogP contribution >= 0.6 is 0 Å². The Bertz CT molecular complexity index is 416. The van der Waals surface area contributed by atoms with E-state index in [1.807, 2.05) is 0 Å². The van der Waals surface area contributed by atoms with Gasteiger partial charge in [-0.15, -0.1) is 0 Å². The van der Waals surface area contributed by atoms with Crippen molar-refractivity contribution in [3.8, 4) is 11.5 Å². The molecule has 16 heavy (non-hydrogen) atoms. The highest BCUT2D eigenvalue weighted by Crippen LogP contribution is 2.26. The van der Waals surface area contributed by atoms with Gasteiger partial charge in [-0.25, -0.2) is 9.59 Å². The number of carbonyl (C=O) groups excluding carboxylic acids is 1. The molecule has 3 N–H and O–H groups in total. The average Bonchev–Trinajstić information content (AvgIpc) is 2.21. The third kappa shape index (κ3) is 3.05. The lowest BCUT2D eigenvalue weighted by molar-refractivity contribution is 0.121. The Morgan fingerprint density at radius 2 is 2.00 bits per heavy atom. The Balaban J connectivity index is 2.83. The van der Waals surface area contributed by atoms with E-state index >= 15 is 0 Å². The third-order valence-electron chi connectivity index (χ3n) is 1.55. The van der Waals surface area contributed by atoms with Gasteiger partial charge in [0.2, 0.25) is 0 Å². The van der Waals surface area contributed by atoms with Gasteiger partial charge in [0, 0.05) is 6.07 Å². The van der Waals surface area contributed by atoms with E-state index in [9.17, 15) is 9.59 Å². The summed E-state index contributed by atoms with van der Waals surface area (Å²) < 4.78 is 13.3. The maximum Gasteiger partial charge on any atom is 0.513 e. The molecule has 0 saturated carbocycles. The molecule has 86 valence electrons. The monoisotopic (exact) mass is 227 g/mol. The van der Waals surface area contributed by atoms with Crippen LogP contribution in [0.5, 0.6) is 11.5 Å². The molecule has 0 bridgehead atoms. The van der Waals surface area contributed by atoms with Gasteiger partial charge in [-0.05, 0) is 12.1 Å². The van der Waals surface area contributed by atoms with Crippen LogP contribution in [0.1, 0.15) is 0 Å². The topological polar surface area (TPSA) is 108 Å². The highest BCUT2D eigenvalue weighted by Gasteiger charge is 2.09. The predicted octanol–water partition coefficient (Wildman–Crippen LogP) is 1.47. The van der Waals surface area contributed by atoms with Crippen LogP contribution in [-0.4, -0.2) is 24.5 Å². The van der Waals surface area contributed by atoms with Gasteiger partial charge in [0.15, 0.2) is 5.75 Å². The van der Waals surface area contributed by atoms with Crippen LogP contribution in [0.2, 0.25) is 0 Å². The van der Waals surface area contributed by atoms with E-state index in [0.29, 0.717) is 0 Å². The lowest BCUT2D eigenvalue weighted by Crippen LogP contribution is -2.09. The third-order valence-corrected chi connectivity index (χ3v) is 1.55. The molecule has 0 aliphatic heterocycles. The summed E-state index contributed by atoms with van der Waals surface area (Å²) in [6, 6.07) is 3.81. The number of carboxylic acid groups (broad SMARTS) is 1. The number of rotatable bonds is 2. The molecule has 1 aromatic rings. The van der Waals surface area contributed by atoms with Crippen LogP contribution in [-0.2, 0) is 4.74 Å². The highest BCUT2D eigenvalue weighted by molar-refractivity contribution is 5.69. The standard InChI is InChI=1S/C9H9NO6/c1-14-9(13)16-7-3-2-5(4-6(7)10)15-8(11)12/h2-4H,10H2,1H3,(H,11,12). The first-order chi connectivity index (χ1) is 7.52. The van der Waals surface area contributed by atoms with Gasteiger partial charge in [-0.2, -0.15) is 0 Å². The zero-order valence-corrected chi connectivity index (χ0v) is 8.30. The number of anilines is 1. The number of nitrogen functional groups attached to an aromatic ring is 1. The van der Waals surface area contributed by atoms with Crippen molar-refractivity contribution in [3.63, 3.8) is 0 Å². The number of carbonyl (C=O) groups is 2. The molecule has 0 aliphatic rings. The normalized spacial score (nSPS) is 9.31. The molecule has 0 radical (unpaired) electrons. The molecular weight excluding hydrogens is 218 g/mol. The van der Waals surface area contributed by atoms with Gasteiger partial charge in [0.1, 0.15) is 5.75 Å². The molecule has 0 amide bonds. The van der Waals surface area contributed by atoms with Crippen molar-refractivity contribution in [1.82, 2.24) is 0 Å². The van der Waals surface area contributed by atoms with E-state index in [-0.39, 0.29) is 17.2 Å². The largest absolute Gasteiger partial charge is 0.513 e. The van der Waals surface area contributed by atoms with Crippen molar-refractivity contribution >= 4 is 18.0 Å². The number of hydrogen-bond donors (Lipinski definition) is 2. The Labute approximate surface area is 90.3 Å². The number of hydrogen-bond acceptors (Lipinski definition) is 6. The predicted molar refractivity (Wildman–Crippen MR) is 52.5 cm³/mol. The van der Waals surface area contributed by atoms with Gasteiger partial charge >= 0.3 is 12.3 Å². The summed E-state index contributed by atoms with van der Waals surface area (Å²) in [7, 11) is 1.15. The van der Waals surface area contributed by atoms with Crippen LogP contribution in [0.4, 0.5) is 15.3 Å². The molecule has 0 heterocycles. The molecule has 0 aliphatic carbocycles. The van der Waals surface area contributed by atoms with Crippen molar-refractivity contribution in [2.75, 3.05) is 12.8 Å². The fourth-order valence-electron chi connectivity index (χ4n) is 0.915. The quantitative estimate of drug-likeness (QED) is 0.447. The zero-order valence-electron chi connectivity index (χ0n) is 8.30. The van der Waals surface area contributed by atoms with Gasteiger partial charge in [-0.1, -0.05) is 0 Å². The SMILES string of the molecule is COC(=O)Oc1ccc(OC(=O)O)cc1N. The Hall–Kier alpha value is -2.44. The summed E-state index contributed by atoms with van der Waals surface area (Å²) in [6.45, 7) is 0. The second-order valence-corrected chi connectivity index (χ2v) is 2.62. The summed E-state index contributed by atoms with van der Waals surface area (Å²) in [5, 5.41) is 8.34. The minimum Gasteiger partial charge on any atom is -0.449 e. The first-order valence-corrected chi connectivity index (χ1v) is 4.09. The number of methoxy groups -OCH3 is 1. The molecule has 1 aromatic carbocycles. The fourth-order valence-corrected chi connectivity index (χ4v) is 0.915. The summed E-state index contributed by atoms with van der Waals surface area (Å²) in [4.78, 5) is 21.0. The van der Waals surface area contributed by atoms with Gasteiger partial charge < -0.3 is 25.1 Å². The maximum atomic E-state index is 10.8. The Kier molecular flexibility index (Phi) is 3.54. The van der Waals surface area contributed by atoms with E-state index in [2.05, 4.69) is 14.2 Å². The van der Waals surface area contributed by atoms with Crippen molar-refractivity contribution in [1.29, 1.82) is 0 Å². The van der Waals surface area contributed by atoms with Crippen molar-refractivity contribution < 1.29 is 28.9 Å². The first kappa shape index (κ1) is 11.6. The van der Waals surface area contributed by atoms with Crippen LogP contribution < -0.4 is 15.2 Å². The molecule has 0 atom stereocenters. The molecule has 0 fully saturated rings. The van der Waals surface area contributed by atoms with Crippen LogP contribution in [0.3, 0.4) is 0 Å². The Morgan fingerprint density at radius 1 is 1.31 bits per heavy atom. The molecule has 1 rings (SSSR count). The van der Waals surface area contributed by atoms with Gasteiger partial charge in [0.25, 0.3) is 0 Å². The second-order valence-electron chi connectivity index (χ2n) is 2.62. The van der Waals surface area contributed by atoms with E-state index in [0.717, 1.165) is 7.11 Å². The summed E-state index contributed by atoms with van der Waals surface area (Å²) in [5.41, 5.74) is 5.55. The number of nitrogens with two attached hydrogens (primary N) is 1. The fraction of sp³-hybridized carbons (Fsp3) is 0.111. The smallest absolute Gasteiger partial charge is 0.449 e. The molecule has 7 nitrogen and oxygen atoms in total. The highest BCUT2D eigenvalue weighted by atomic mass is 16.7. The van der Waals surface area contributed by atoms with Crippen LogP contribution in [0.15, 0.2) is 18.2 Å². The van der Waals surface area contributed by atoms with Gasteiger partial charge in [-0.3, -0.25) is 0 Å². The number of benzene rings is 1. The van der Waals surface area contributed by atoms with E-state index < -0.39 is 12.3 Å². The maximum absolute atomic E-state index is 10.8. The van der Waals surface area contributed by atoms with E-state index in [1.54, 1.807) is 0 Å². The second kappa shape index (κ2) is 4.87. The average molecular weight is 227 g/mol. The van der Waals surface area contributed by atoms with E-state index in [1.165, 1.54) is 18.2 Å². The van der Waals surface area contributed by atoms with Crippen molar-refractivity contribution in [3.05, 3.63) is 18.2 Å². The summed E-state index contributed by atoms with van der Waals surface area (Å²) in [5.74, 6) is 0.0896. The molecule has 0 unspecified atom stereocenters. The van der Waals surface area contributed by atoms with Crippen molar-refractivity contribution in [2.24, 2.45) is 0 Å². The van der Waals surface area contributed by atoms with Gasteiger partial charge in [0.05, 0.1) is 12.8 Å². The number of ether oxygens (including phenoxy) is 3. The van der Waals surface area contributed by atoms with E-state index in [4.69, 9.17) is 10.8 Å². The zero-order chi connectivity index (χ0) is 12.1. The molecular formula is C9H9NO6. The summed E-state index contributed by atoms with van der Waals surface area (Å²) in [6.07, 6.45) is -2.38. The minimum absolute atomic E-state index is 0.0298. The first-order valence-electron chi connectivity index (χ1n) is 4.09. The van der Waals surface area contributed by atoms with Crippen molar-refractivity contribution in [2.45, 2.75) is 0 Å². The summed E-state index contributed by atoms with van der Waals surface area (Å²) >= 11 is 0. The minimum atomic E-state index is -1.46. The molecule has 0 spiro atoms. The lowest BCUT2D eigenvalue weighted by Gasteiger charge is -2.07. The molecule has 7 heteroatoms. The van der Waals surface area contributed by atoms with Crippen LogP contribution in [0, 0.1) is 0 Å². The Morgan fingerprint density at radius 3 is 2.50 bits per heavy atom. The molecule has 0 saturated heterocycles.